The Morgan fingerprint density at radius 2 is 1.89 bits per heavy atom. The van der Waals surface area contributed by atoms with E-state index in [9.17, 15) is 4.79 Å². The van der Waals surface area contributed by atoms with Crippen LogP contribution in [0.25, 0.3) is 0 Å². The van der Waals surface area contributed by atoms with Crippen LogP contribution in [-0.4, -0.2) is 42.4 Å². The van der Waals surface area contributed by atoms with Gasteiger partial charge in [0.25, 0.3) is 0 Å². The van der Waals surface area contributed by atoms with Crippen molar-refractivity contribution in [1.82, 2.24) is 26.4 Å². The van der Waals surface area contributed by atoms with E-state index in [0.717, 1.165) is 32.4 Å². The predicted molar refractivity (Wildman–Crippen MR) is 104 cm³/mol. The number of carbonyl (C=O) groups excluding carboxylic acids is 1. The molecule has 6 atom stereocenters. The van der Waals surface area contributed by atoms with Gasteiger partial charge in [0.1, 0.15) is 6.17 Å². The zero-order valence-corrected chi connectivity index (χ0v) is 15.8. The monoisotopic (exact) mass is 367 g/mol. The summed E-state index contributed by atoms with van der Waals surface area (Å²) in [4.78, 5) is 12.6. The van der Waals surface area contributed by atoms with E-state index in [-0.39, 0.29) is 18.2 Å². The van der Waals surface area contributed by atoms with Gasteiger partial charge in [0.05, 0.1) is 6.17 Å². The maximum atomic E-state index is 12.6. The van der Waals surface area contributed by atoms with Gasteiger partial charge in [-0.05, 0) is 50.8 Å². The quantitative estimate of drug-likeness (QED) is 0.634. The fourth-order valence-electron chi connectivity index (χ4n) is 5.48. The molecule has 1 aromatic rings. The first-order chi connectivity index (χ1) is 13.2. The predicted octanol–water partition coefficient (Wildman–Crippen LogP) is 1.25. The smallest absolute Gasteiger partial charge is 0.247 e. The molecule has 27 heavy (non-hydrogen) atoms. The second-order valence-electron chi connectivity index (χ2n) is 8.41. The topological polar surface area (TPSA) is 68.4 Å². The molecule has 6 unspecified atom stereocenters. The average Bonchev–Trinajstić information content (AvgIpc) is 3.06. The molecule has 0 saturated carbocycles. The molecule has 1 aromatic carbocycles. The molecule has 3 fully saturated rings. The van der Waals surface area contributed by atoms with Crippen LogP contribution in [0.15, 0.2) is 42.1 Å². The standard InChI is InChI=1S/C21H29N5O/c1-13-11-15(7-9-22-13)17-12-18(27)24-21-19-16(14-5-3-2-4-6-14)8-10-23-20(19)25-26(17)21/h2-6,12-13,15-16,19-23,25H,7-11H2,1H3,(H,24,27). The minimum absolute atomic E-state index is 0.00528. The number of nitrogens with zero attached hydrogens (tertiary/aromatic N) is 1. The summed E-state index contributed by atoms with van der Waals surface area (Å²) in [5, 5.41) is 12.7. The first-order valence-electron chi connectivity index (χ1n) is 10.3. The van der Waals surface area contributed by atoms with Crippen molar-refractivity contribution in [3.63, 3.8) is 0 Å². The van der Waals surface area contributed by atoms with Crippen molar-refractivity contribution in [2.75, 3.05) is 13.1 Å². The van der Waals surface area contributed by atoms with Gasteiger partial charge >= 0.3 is 0 Å². The molecule has 0 aliphatic carbocycles. The van der Waals surface area contributed by atoms with Crippen molar-refractivity contribution in [1.29, 1.82) is 0 Å². The second kappa shape index (κ2) is 6.93. The molecule has 6 heteroatoms. The highest BCUT2D eigenvalue weighted by atomic mass is 16.2. The molecule has 0 radical (unpaired) electrons. The van der Waals surface area contributed by atoms with Crippen LogP contribution >= 0.6 is 0 Å². The van der Waals surface area contributed by atoms with Crippen molar-refractivity contribution >= 4 is 5.91 Å². The zero-order valence-electron chi connectivity index (χ0n) is 15.8. The summed E-state index contributed by atoms with van der Waals surface area (Å²) in [6.07, 6.45) is 5.27. The maximum Gasteiger partial charge on any atom is 0.247 e. The first-order valence-corrected chi connectivity index (χ1v) is 10.3. The third-order valence-electron chi connectivity index (χ3n) is 6.71. The van der Waals surface area contributed by atoms with Crippen molar-refractivity contribution in [3.05, 3.63) is 47.7 Å². The van der Waals surface area contributed by atoms with Crippen LogP contribution in [0.2, 0.25) is 0 Å². The van der Waals surface area contributed by atoms with Crippen LogP contribution in [0, 0.1) is 11.8 Å². The molecule has 5 rings (SSSR count). The summed E-state index contributed by atoms with van der Waals surface area (Å²) in [5.41, 5.74) is 6.24. The van der Waals surface area contributed by atoms with Gasteiger partial charge in [0, 0.05) is 29.7 Å². The van der Waals surface area contributed by atoms with Crippen molar-refractivity contribution in [3.8, 4) is 0 Å². The highest BCUT2D eigenvalue weighted by molar-refractivity contribution is 5.89. The Morgan fingerprint density at radius 3 is 2.70 bits per heavy atom. The molecule has 4 aliphatic rings. The molecule has 6 nitrogen and oxygen atoms in total. The Hall–Kier alpha value is -1.89. The normalized spacial score (nSPS) is 38.6. The lowest BCUT2D eigenvalue weighted by Crippen LogP contribution is -2.55. The van der Waals surface area contributed by atoms with Crippen LogP contribution in [0.1, 0.15) is 37.7 Å². The molecular weight excluding hydrogens is 338 g/mol. The fraction of sp³-hybridized carbons (Fsp3) is 0.571. The summed E-state index contributed by atoms with van der Waals surface area (Å²) in [6.45, 7) is 4.24. The number of piperidine rings is 2. The molecule has 144 valence electrons. The molecule has 4 aliphatic heterocycles. The fourth-order valence-corrected chi connectivity index (χ4v) is 5.48. The lowest BCUT2D eigenvalue weighted by Gasteiger charge is -2.41. The van der Waals surface area contributed by atoms with E-state index in [1.54, 1.807) is 0 Å². The van der Waals surface area contributed by atoms with Gasteiger partial charge in [-0.2, -0.15) is 0 Å². The van der Waals surface area contributed by atoms with E-state index in [1.807, 2.05) is 6.08 Å². The van der Waals surface area contributed by atoms with E-state index in [0.29, 0.717) is 23.8 Å². The SMILES string of the molecule is CC1CC(C2=CC(=O)NC3C4C(NCCC4c4ccccc4)NN23)CCN1. The van der Waals surface area contributed by atoms with Crippen molar-refractivity contribution in [2.24, 2.45) is 11.8 Å². The van der Waals surface area contributed by atoms with Crippen LogP contribution in [0.3, 0.4) is 0 Å². The number of carbonyl (C=O) groups is 1. The Bertz CT molecular complexity index is 735. The van der Waals surface area contributed by atoms with E-state index in [1.165, 1.54) is 11.3 Å². The van der Waals surface area contributed by atoms with Gasteiger partial charge in [0.15, 0.2) is 0 Å². The number of hydrogen-bond donors (Lipinski definition) is 4. The van der Waals surface area contributed by atoms with Gasteiger partial charge < -0.3 is 16.0 Å². The molecule has 0 spiro atoms. The molecule has 4 heterocycles. The summed E-state index contributed by atoms with van der Waals surface area (Å²) >= 11 is 0. The van der Waals surface area contributed by atoms with Crippen molar-refractivity contribution < 1.29 is 4.79 Å². The third-order valence-corrected chi connectivity index (χ3v) is 6.71. The average molecular weight is 367 g/mol. The lowest BCUT2D eigenvalue weighted by molar-refractivity contribution is -0.120. The number of hydrogen-bond acceptors (Lipinski definition) is 5. The van der Waals surface area contributed by atoms with Crippen molar-refractivity contribution in [2.45, 2.75) is 50.5 Å². The molecule has 3 saturated heterocycles. The lowest BCUT2D eigenvalue weighted by atomic mass is 9.77. The van der Waals surface area contributed by atoms with E-state index in [4.69, 9.17) is 0 Å². The van der Waals surface area contributed by atoms with Gasteiger partial charge in [-0.15, -0.1) is 0 Å². The Kier molecular flexibility index (Phi) is 4.42. The number of benzene rings is 1. The third kappa shape index (κ3) is 3.06. The molecule has 1 amide bonds. The Labute approximate surface area is 160 Å². The number of allylic oxidation sites excluding steroid dienone is 1. The summed E-state index contributed by atoms with van der Waals surface area (Å²) in [7, 11) is 0. The molecule has 0 aromatic heterocycles. The molecule has 0 bridgehead atoms. The van der Waals surface area contributed by atoms with E-state index >= 15 is 0 Å². The second-order valence-corrected chi connectivity index (χ2v) is 8.41. The Balaban J connectivity index is 1.45. The van der Waals surface area contributed by atoms with Crippen LogP contribution in [0.5, 0.6) is 0 Å². The maximum absolute atomic E-state index is 12.6. The van der Waals surface area contributed by atoms with E-state index in [2.05, 4.69) is 63.6 Å². The number of amides is 1. The summed E-state index contributed by atoms with van der Waals surface area (Å²) in [6, 6.07) is 11.3. The number of nitrogens with one attached hydrogen (secondary N) is 4. The van der Waals surface area contributed by atoms with Gasteiger partial charge in [-0.3, -0.25) is 9.80 Å². The number of fused-ring (bicyclic) bond motifs is 3. The number of rotatable bonds is 2. The van der Waals surface area contributed by atoms with Gasteiger partial charge in [0.2, 0.25) is 5.91 Å². The molecule has 4 N–H and O–H groups in total. The first kappa shape index (κ1) is 17.2. The van der Waals surface area contributed by atoms with Gasteiger partial charge in [-0.1, -0.05) is 30.3 Å². The zero-order chi connectivity index (χ0) is 18.4. The summed E-state index contributed by atoms with van der Waals surface area (Å²) in [5.74, 6) is 1.23. The number of hydrazine groups is 1. The molecular formula is C21H29N5O. The minimum Gasteiger partial charge on any atom is -0.331 e. The highest BCUT2D eigenvalue weighted by Gasteiger charge is 2.51. The largest absolute Gasteiger partial charge is 0.331 e. The van der Waals surface area contributed by atoms with Gasteiger partial charge in [-0.25, -0.2) is 5.43 Å². The van der Waals surface area contributed by atoms with E-state index < -0.39 is 0 Å². The van der Waals surface area contributed by atoms with Crippen LogP contribution in [-0.2, 0) is 4.79 Å². The minimum atomic E-state index is 0.00528. The summed E-state index contributed by atoms with van der Waals surface area (Å²) < 4.78 is 0. The Morgan fingerprint density at radius 1 is 1.07 bits per heavy atom. The highest BCUT2D eigenvalue weighted by Crippen LogP contribution is 2.42. The van der Waals surface area contributed by atoms with Crippen LogP contribution in [0.4, 0.5) is 0 Å². The van der Waals surface area contributed by atoms with Crippen LogP contribution < -0.4 is 21.4 Å².